The van der Waals surface area contributed by atoms with Crippen molar-refractivity contribution in [3.8, 4) is 0 Å². The summed E-state index contributed by atoms with van der Waals surface area (Å²) < 4.78 is 25.4. The van der Waals surface area contributed by atoms with Crippen LogP contribution in [0.4, 0.5) is 0 Å². The van der Waals surface area contributed by atoms with Gasteiger partial charge in [0.2, 0.25) is 10.0 Å². The first kappa shape index (κ1) is 12.2. The number of rotatable bonds is 3. The van der Waals surface area contributed by atoms with Gasteiger partial charge in [-0.1, -0.05) is 19.9 Å². The van der Waals surface area contributed by atoms with E-state index in [1.807, 2.05) is 13.0 Å². The zero-order valence-corrected chi connectivity index (χ0v) is 10.4. The van der Waals surface area contributed by atoms with E-state index in [0.29, 0.717) is 10.8 Å². The molecule has 15 heavy (non-hydrogen) atoms. The average Bonchev–Trinajstić information content (AvgIpc) is 2.17. The van der Waals surface area contributed by atoms with Gasteiger partial charge in [0.05, 0.1) is 4.90 Å². The lowest BCUT2D eigenvalue weighted by Gasteiger charge is -2.11. The summed E-state index contributed by atoms with van der Waals surface area (Å²) >= 11 is 0. The normalized spacial score (nSPS) is 12.1. The maximum absolute atomic E-state index is 11.5. The number of aryl methyl sites for hydroxylation is 1. The van der Waals surface area contributed by atoms with Gasteiger partial charge >= 0.3 is 0 Å². The molecule has 1 aromatic carbocycles. The predicted molar refractivity (Wildman–Crippen MR) is 61.5 cm³/mol. The van der Waals surface area contributed by atoms with Crippen molar-refractivity contribution in [2.75, 3.05) is 7.05 Å². The first-order valence-corrected chi connectivity index (χ1v) is 6.41. The Hall–Kier alpha value is -0.870. The molecule has 0 aliphatic heterocycles. The number of hydrogen-bond donors (Lipinski definition) is 1. The molecule has 1 rings (SSSR count). The fraction of sp³-hybridized carbons (Fsp3) is 0.455. The van der Waals surface area contributed by atoms with E-state index in [4.69, 9.17) is 0 Å². The van der Waals surface area contributed by atoms with E-state index >= 15 is 0 Å². The molecule has 1 N–H and O–H groups in total. The van der Waals surface area contributed by atoms with Gasteiger partial charge in [0.1, 0.15) is 0 Å². The molecule has 0 spiro atoms. The first-order valence-electron chi connectivity index (χ1n) is 4.92. The van der Waals surface area contributed by atoms with Gasteiger partial charge in [-0.05, 0) is 43.1 Å². The van der Waals surface area contributed by atoms with Gasteiger partial charge in [-0.2, -0.15) is 0 Å². The Morgan fingerprint density at radius 2 is 1.87 bits per heavy atom. The summed E-state index contributed by atoms with van der Waals surface area (Å²) in [4.78, 5) is 0.326. The SMILES string of the molecule is CNS(=O)(=O)c1ccc(C(C)C)c(C)c1. The lowest BCUT2D eigenvalue weighted by molar-refractivity contribution is 0.588. The average molecular weight is 227 g/mol. The van der Waals surface area contributed by atoms with Gasteiger partial charge in [0.25, 0.3) is 0 Å². The van der Waals surface area contributed by atoms with E-state index in [2.05, 4.69) is 18.6 Å². The summed E-state index contributed by atoms with van der Waals surface area (Å²) in [6, 6.07) is 5.24. The molecule has 0 saturated carbocycles. The third-order valence-corrected chi connectivity index (χ3v) is 3.85. The lowest BCUT2D eigenvalue weighted by atomic mass is 9.98. The molecule has 0 aliphatic carbocycles. The standard InChI is InChI=1S/C11H17NO2S/c1-8(2)11-6-5-10(7-9(11)3)15(13,14)12-4/h5-8,12H,1-4H3. The number of nitrogens with one attached hydrogen (secondary N) is 1. The van der Waals surface area contributed by atoms with Crippen LogP contribution in [0.25, 0.3) is 0 Å². The van der Waals surface area contributed by atoms with Crippen LogP contribution in [0.15, 0.2) is 23.1 Å². The molecule has 0 aliphatic rings. The van der Waals surface area contributed by atoms with Gasteiger partial charge in [0, 0.05) is 0 Å². The highest BCUT2D eigenvalue weighted by molar-refractivity contribution is 7.89. The van der Waals surface area contributed by atoms with Gasteiger partial charge in [-0.25, -0.2) is 13.1 Å². The van der Waals surface area contributed by atoms with Gasteiger partial charge < -0.3 is 0 Å². The van der Waals surface area contributed by atoms with E-state index < -0.39 is 10.0 Å². The van der Waals surface area contributed by atoms with Gasteiger partial charge in [-0.15, -0.1) is 0 Å². The van der Waals surface area contributed by atoms with Crippen LogP contribution in [0.3, 0.4) is 0 Å². The number of benzene rings is 1. The molecule has 0 radical (unpaired) electrons. The second kappa shape index (κ2) is 4.33. The Balaban J connectivity index is 3.24. The molecule has 0 saturated heterocycles. The monoisotopic (exact) mass is 227 g/mol. The summed E-state index contributed by atoms with van der Waals surface area (Å²) in [5.74, 6) is 0.413. The van der Waals surface area contributed by atoms with Crippen molar-refractivity contribution in [1.29, 1.82) is 0 Å². The lowest BCUT2D eigenvalue weighted by Crippen LogP contribution is -2.18. The highest BCUT2D eigenvalue weighted by atomic mass is 32.2. The molecular weight excluding hydrogens is 210 g/mol. The van der Waals surface area contributed by atoms with E-state index in [0.717, 1.165) is 5.56 Å². The summed E-state index contributed by atoms with van der Waals surface area (Å²) in [5.41, 5.74) is 2.20. The molecular formula is C11H17NO2S. The van der Waals surface area contributed by atoms with E-state index in [1.54, 1.807) is 12.1 Å². The highest BCUT2D eigenvalue weighted by Gasteiger charge is 2.13. The van der Waals surface area contributed by atoms with E-state index in [9.17, 15) is 8.42 Å². The molecule has 0 heterocycles. The maximum atomic E-state index is 11.5. The van der Waals surface area contributed by atoms with Crippen LogP contribution in [0.1, 0.15) is 30.9 Å². The Bertz CT molecular complexity index is 450. The smallest absolute Gasteiger partial charge is 0.214 e. The predicted octanol–water partition coefficient (Wildman–Crippen LogP) is 2.03. The first-order chi connectivity index (χ1) is 6.88. The minimum atomic E-state index is -3.31. The van der Waals surface area contributed by atoms with Gasteiger partial charge in [0.15, 0.2) is 0 Å². The van der Waals surface area contributed by atoms with Crippen LogP contribution in [-0.2, 0) is 10.0 Å². The van der Waals surface area contributed by atoms with Crippen molar-refractivity contribution < 1.29 is 8.42 Å². The largest absolute Gasteiger partial charge is 0.240 e. The highest BCUT2D eigenvalue weighted by Crippen LogP contribution is 2.21. The second-order valence-corrected chi connectivity index (χ2v) is 5.77. The van der Waals surface area contributed by atoms with Crippen molar-refractivity contribution in [2.45, 2.75) is 31.6 Å². The fourth-order valence-electron chi connectivity index (χ4n) is 1.58. The van der Waals surface area contributed by atoms with Crippen LogP contribution in [0.2, 0.25) is 0 Å². The van der Waals surface area contributed by atoms with Crippen LogP contribution in [-0.4, -0.2) is 15.5 Å². The fourth-order valence-corrected chi connectivity index (χ4v) is 2.40. The summed E-state index contributed by atoms with van der Waals surface area (Å²) in [6.07, 6.45) is 0. The Kier molecular flexibility index (Phi) is 3.52. The van der Waals surface area contributed by atoms with Crippen molar-refractivity contribution >= 4 is 10.0 Å². The molecule has 0 unspecified atom stereocenters. The zero-order valence-electron chi connectivity index (χ0n) is 9.53. The van der Waals surface area contributed by atoms with Crippen molar-refractivity contribution in [2.24, 2.45) is 0 Å². The summed E-state index contributed by atoms with van der Waals surface area (Å²) in [7, 11) is -1.90. The summed E-state index contributed by atoms with van der Waals surface area (Å²) in [6.45, 7) is 6.12. The third kappa shape index (κ3) is 2.58. The molecule has 1 aromatic rings. The molecule has 0 atom stereocenters. The van der Waals surface area contributed by atoms with Crippen molar-refractivity contribution in [3.05, 3.63) is 29.3 Å². The Morgan fingerprint density at radius 1 is 1.27 bits per heavy atom. The maximum Gasteiger partial charge on any atom is 0.240 e. The topological polar surface area (TPSA) is 46.2 Å². The number of sulfonamides is 1. The Morgan fingerprint density at radius 3 is 2.27 bits per heavy atom. The minimum absolute atomic E-state index is 0.326. The molecule has 0 bridgehead atoms. The zero-order chi connectivity index (χ0) is 11.6. The summed E-state index contributed by atoms with van der Waals surface area (Å²) in [5, 5.41) is 0. The molecule has 0 amide bonds. The Labute approximate surface area is 91.6 Å². The van der Waals surface area contributed by atoms with Crippen LogP contribution < -0.4 is 4.72 Å². The number of hydrogen-bond acceptors (Lipinski definition) is 2. The molecule has 3 nitrogen and oxygen atoms in total. The van der Waals surface area contributed by atoms with Crippen molar-refractivity contribution in [1.82, 2.24) is 4.72 Å². The molecule has 84 valence electrons. The molecule has 4 heteroatoms. The van der Waals surface area contributed by atoms with Crippen molar-refractivity contribution in [3.63, 3.8) is 0 Å². The quantitative estimate of drug-likeness (QED) is 0.858. The van der Waals surface area contributed by atoms with E-state index in [-0.39, 0.29) is 0 Å². The second-order valence-electron chi connectivity index (χ2n) is 3.88. The van der Waals surface area contributed by atoms with Crippen LogP contribution in [0.5, 0.6) is 0 Å². The van der Waals surface area contributed by atoms with Gasteiger partial charge in [-0.3, -0.25) is 0 Å². The molecule has 0 fully saturated rings. The third-order valence-electron chi connectivity index (χ3n) is 2.44. The molecule has 0 aromatic heterocycles. The van der Waals surface area contributed by atoms with Crippen LogP contribution in [0, 0.1) is 6.92 Å². The van der Waals surface area contributed by atoms with Crippen LogP contribution >= 0.6 is 0 Å². The minimum Gasteiger partial charge on any atom is -0.214 e. The van der Waals surface area contributed by atoms with E-state index in [1.165, 1.54) is 12.6 Å².